The number of carbonyl (C=O) groups excluding carboxylic acids is 3. The van der Waals surface area contributed by atoms with Gasteiger partial charge in [-0.3, -0.25) is 19.3 Å². The Bertz CT molecular complexity index is 1140. The normalized spacial score (nSPS) is 14.7. The number of nitrogens with zero attached hydrogens (tertiary/aromatic N) is 1. The van der Waals surface area contributed by atoms with E-state index in [2.05, 4.69) is 10.6 Å². The Kier molecular flexibility index (Phi) is 7.92. The molecule has 1 atom stereocenters. The number of carbonyl (C=O) groups is 3. The highest BCUT2D eigenvalue weighted by Gasteiger charge is 2.35. The summed E-state index contributed by atoms with van der Waals surface area (Å²) < 4.78 is 20.1. The topological polar surface area (TPSA) is 91.7 Å². The number of amides is 3. The predicted octanol–water partition coefficient (Wildman–Crippen LogP) is 4.37. The molecule has 1 aliphatic carbocycles. The van der Waals surface area contributed by atoms with Crippen molar-refractivity contribution in [1.82, 2.24) is 10.6 Å². The number of rotatable bonds is 8. The van der Waals surface area contributed by atoms with E-state index in [1.807, 2.05) is 0 Å². The van der Waals surface area contributed by atoms with E-state index in [1.165, 1.54) is 35.4 Å². The zero-order valence-corrected chi connectivity index (χ0v) is 19.3. The molecule has 0 spiro atoms. The molecule has 0 saturated heterocycles. The van der Waals surface area contributed by atoms with Crippen LogP contribution in [0.1, 0.15) is 54.3 Å². The first-order valence-corrected chi connectivity index (χ1v) is 11.8. The van der Waals surface area contributed by atoms with Gasteiger partial charge >= 0.3 is 0 Å². The van der Waals surface area contributed by atoms with Gasteiger partial charge in [0.05, 0.1) is 12.8 Å². The number of nitrogens with one attached hydrogen (secondary N) is 2. The first-order valence-electron chi connectivity index (χ1n) is 11.8. The van der Waals surface area contributed by atoms with Gasteiger partial charge in [-0.15, -0.1) is 0 Å². The molecule has 7 nitrogen and oxygen atoms in total. The molecular formula is C27H28FN3O4. The molecule has 0 bridgehead atoms. The number of furan rings is 1. The maximum atomic E-state index is 15.0. The van der Waals surface area contributed by atoms with E-state index in [4.69, 9.17) is 4.42 Å². The highest BCUT2D eigenvalue weighted by atomic mass is 19.1. The van der Waals surface area contributed by atoms with Gasteiger partial charge < -0.3 is 15.1 Å². The van der Waals surface area contributed by atoms with Crippen LogP contribution in [0.15, 0.2) is 77.4 Å². The summed E-state index contributed by atoms with van der Waals surface area (Å²) in [4.78, 5) is 40.7. The summed E-state index contributed by atoms with van der Waals surface area (Å²) in [5.41, 5.74) is 0.493. The summed E-state index contributed by atoms with van der Waals surface area (Å²) in [5, 5.41) is 5.56. The molecular weight excluding hydrogens is 449 g/mol. The average Bonchev–Trinajstić information content (AvgIpc) is 3.42. The third kappa shape index (κ3) is 5.95. The lowest BCUT2D eigenvalue weighted by Gasteiger charge is -2.33. The summed E-state index contributed by atoms with van der Waals surface area (Å²) in [6, 6.07) is 16.3. The Balaban J connectivity index is 1.66. The van der Waals surface area contributed by atoms with Crippen molar-refractivity contribution < 1.29 is 23.2 Å². The van der Waals surface area contributed by atoms with Crippen molar-refractivity contribution >= 4 is 23.4 Å². The first kappa shape index (κ1) is 24.2. The van der Waals surface area contributed by atoms with Gasteiger partial charge in [0.1, 0.15) is 11.9 Å². The van der Waals surface area contributed by atoms with Crippen LogP contribution in [0, 0.1) is 5.82 Å². The van der Waals surface area contributed by atoms with E-state index in [0.717, 1.165) is 32.1 Å². The number of para-hydroxylation sites is 1. The van der Waals surface area contributed by atoms with Gasteiger partial charge in [0.2, 0.25) is 11.8 Å². The molecule has 3 aromatic rings. The van der Waals surface area contributed by atoms with E-state index in [0.29, 0.717) is 5.69 Å². The van der Waals surface area contributed by atoms with E-state index in [9.17, 15) is 14.4 Å². The highest BCUT2D eigenvalue weighted by Crippen LogP contribution is 2.30. The Morgan fingerprint density at radius 3 is 2.34 bits per heavy atom. The largest absolute Gasteiger partial charge is 0.459 e. The molecule has 182 valence electrons. The fourth-order valence-corrected chi connectivity index (χ4v) is 4.38. The van der Waals surface area contributed by atoms with E-state index >= 15 is 4.39 Å². The fourth-order valence-electron chi connectivity index (χ4n) is 4.38. The van der Waals surface area contributed by atoms with Gasteiger partial charge in [-0.05, 0) is 43.2 Å². The van der Waals surface area contributed by atoms with Crippen LogP contribution in [0.5, 0.6) is 0 Å². The van der Waals surface area contributed by atoms with Crippen LogP contribution in [0.2, 0.25) is 0 Å². The van der Waals surface area contributed by atoms with Crippen LogP contribution in [0.25, 0.3) is 0 Å². The van der Waals surface area contributed by atoms with Gasteiger partial charge in [-0.2, -0.15) is 0 Å². The van der Waals surface area contributed by atoms with Crippen molar-refractivity contribution in [3.63, 3.8) is 0 Å². The number of halogens is 1. The molecule has 2 N–H and O–H groups in total. The van der Waals surface area contributed by atoms with E-state index in [-0.39, 0.29) is 17.4 Å². The molecule has 1 fully saturated rings. The smallest absolute Gasteiger partial charge is 0.287 e. The van der Waals surface area contributed by atoms with E-state index in [1.54, 1.807) is 42.5 Å². The van der Waals surface area contributed by atoms with Crippen molar-refractivity contribution in [2.24, 2.45) is 0 Å². The number of hydrogen-bond donors (Lipinski definition) is 2. The number of benzene rings is 2. The molecule has 0 unspecified atom stereocenters. The van der Waals surface area contributed by atoms with Gasteiger partial charge in [-0.25, -0.2) is 4.39 Å². The van der Waals surface area contributed by atoms with Crippen LogP contribution < -0.4 is 15.5 Å². The molecule has 2 aromatic carbocycles. The van der Waals surface area contributed by atoms with Crippen molar-refractivity contribution in [2.75, 3.05) is 11.4 Å². The SMILES string of the molecule is O=C(NCC(=O)N(c1ccccc1)[C@@H](C(=O)NC1CCCCC1)c1ccccc1F)c1ccco1. The number of hydrogen-bond acceptors (Lipinski definition) is 4. The molecule has 3 amide bonds. The Labute approximate surface area is 203 Å². The third-order valence-electron chi connectivity index (χ3n) is 6.11. The summed E-state index contributed by atoms with van der Waals surface area (Å²) in [5.74, 6) is -2.13. The van der Waals surface area contributed by atoms with Crippen molar-refractivity contribution in [3.8, 4) is 0 Å². The van der Waals surface area contributed by atoms with E-state index < -0.39 is 36.1 Å². The summed E-state index contributed by atoms with van der Waals surface area (Å²) in [6.45, 7) is -0.407. The minimum atomic E-state index is -1.26. The monoisotopic (exact) mass is 477 g/mol. The quantitative estimate of drug-likeness (QED) is 0.504. The second-order valence-electron chi connectivity index (χ2n) is 8.53. The maximum Gasteiger partial charge on any atom is 0.287 e. The lowest BCUT2D eigenvalue weighted by molar-refractivity contribution is -0.127. The Morgan fingerprint density at radius 2 is 1.66 bits per heavy atom. The zero-order chi connectivity index (χ0) is 24.6. The van der Waals surface area contributed by atoms with Gasteiger partial charge in [0.25, 0.3) is 5.91 Å². The Morgan fingerprint density at radius 1 is 0.943 bits per heavy atom. The minimum absolute atomic E-state index is 0.0306. The van der Waals surface area contributed by atoms with Crippen LogP contribution in [-0.2, 0) is 9.59 Å². The van der Waals surface area contributed by atoms with Crippen LogP contribution in [-0.4, -0.2) is 30.3 Å². The average molecular weight is 478 g/mol. The van der Waals surface area contributed by atoms with Crippen molar-refractivity contribution in [3.05, 3.63) is 90.1 Å². The van der Waals surface area contributed by atoms with Crippen molar-refractivity contribution in [1.29, 1.82) is 0 Å². The molecule has 1 aromatic heterocycles. The predicted molar refractivity (Wildman–Crippen MR) is 129 cm³/mol. The third-order valence-corrected chi connectivity index (χ3v) is 6.11. The van der Waals surface area contributed by atoms with Crippen LogP contribution in [0.3, 0.4) is 0 Å². The second kappa shape index (κ2) is 11.5. The Hall–Kier alpha value is -3.94. The van der Waals surface area contributed by atoms with Crippen LogP contribution in [0.4, 0.5) is 10.1 Å². The molecule has 0 radical (unpaired) electrons. The van der Waals surface area contributed by atoms with Gasteiger partial charge in [0.15, 0.2) is 5.76 Å². The highest BCUT2D eigenvalue weighted by molar-refractivity contribution is 6.04. The molecule has 4 rings (SSSR count). The lowest BCUT2D eigenvalue weighted by atomic mass is 9.94. The molecule has 1 heterocycles. The number of anilines is 1. The lowest BCUT2D eigenvalue weighted by Crippen LogP contribution is -2.50. The van der Waals surface area contributed by atoms with Crippen LogP contribution >= 0.6 is 0 Å². The molecule has 8 heteroatoms. The minimum Gasteiger partial charge on any atom is -0.459 e. The second-order valence-corrected chi connectivity index (χ2v) is 8.53. The van der Waals surface area contributed by atoms with Gasteiger partial charge in [0, 0.05) is 17.3 Å². The summed E-state index contributed by atoms with van der Waals surface area (Å²) >= 11 is 0. The molecule has 35 heavy (non-hydrogen) atoms. The molecule has 0 aliphatic heterocycles. The van der Waals surface area contributed by atoms with Gasteiger partial charge in [-0.1, -0.05) is 55.7 Å². The standard InChI is InChI=1S/C27H28FN3O4/c28-22-15-8-7-14-21(22)25(27(34)30-19-10-3-1-4-11-19)31(20-12-5-2-6-13-20)24(32)18-29-26(33)23-16-9-17-35-23/h2,5-9,12-17,19,25H,1,3-4,10-11,18H2,(H,29,33)(H,30,34)/t25-/m1/s1. The maximum absolute atomic E-state index is 15.0. The molecule has 1 aliphatic rings. The summed E-state index contributed by atoms with van der Waals surface area (Å²) in [6.07, 6.45) is 6.18. The molecule has 1 saturated carbocycles. The zero-order valence-electron chi connectivity index (χ0n) is 19.3. The first-order chi connectivity index (χ1) is 17.0. The van der Waals surface area contributed by atoms with Crippen molar-refractivity contribution in [2.45, 2.75) is 44.2 Å². The fraction of sp³-hybridized carbons (Fsp3) is 0.296. The summed E-state index contributed by atoms with van der Waals surface area (Å²) in [7, 11) is 0.